The molecule has 1 unspecified atom stereocenters. The molecular weight excluding hydrogens is 224 g/mol. The Labute approximate surface area is 99.7 Å². The number of nitrogens with zero attached hydrogens (tertiary/aromatic N) is 1. The number of aryl methyl sites for hydroxylation is 2. The molecule has 0 spiro atoms. The summed E-state index contributed by atoms with van der Waals surface area (Å²) in [6.07, 6.45) is 8.10. The predicted octanol–water partition coefficient (Wildman–Crippen LogP) is 2.77. The lowest BCUT2D eigenvalue weighted by molar-refractivity contribution is 0.636. The number of hydrogen-bond acceptors (Lipinski definition) is 4. The molecule has 2 rings (SSSR count). The zero-order valence-electron chi connectivity index (χ0n) is 9.16. The first kappa shape index (κ1) is 11.4. The van der Waals surface area contributed by atoms with Crippen LogP contribution in [0.4, 0.5) is 0 Å². The Balaban J connectivity index is 1.91. The molecule has 0 aliphatic heterocycles. The third-order valence-electron chi connectivity index (χ3n) is 2.79. The maximum absolute atomic E-state index is 6.14. The van der Waals surface area contributed by atoms with E-state index in [1.54, 1.807) is 0 Å². The molecule has 0 saturated heterocycles. The van der Waals surface area contributed by atoms with Gasteiger partial charge in [-0.1, -0.05) is 0 Å². The predicted molar refractivity (Wildman–Crippen MR) is 68.7 cm³/mol. The van der Waals surface area contributed by atoms with Crippen molar-refractivity contribution in [1.82, 2.24) is 4.98 Å². The maximum atomic E-state index is 6.14. The number of thioether (sulfide) groups is 1. The Morgan fingerprint density at radius 1 is 1.53 bits per heavy atom. The Hall–Kier alpha value is -0.0600. The van der Waals surface area contributed by atoms with Crippen LogP contribution in [0.3, 0.4) is 0 Å². The number of hydrogen-bond donors (Lipinski definition) is 1. The van der Waals surface area contributed by atoms with Crippen molar-refractivity contribution in [2.75, 3.05) is 12.0 Å². The average Bonchev–Trinajstić information content (AvgIpc) is 2.76. The lowest BCUT2D eigenvalue weighted by Crippen LogP contribution is -2.10. The monoisotopic (exact) mass is 242 g/mol. The Kier molecular flexibility index (Phi) is 4.05. The molecule has 15 heavy (non-hydrogen) atoms. The van der Waals surface area contributed by atoms with E-state index in [0.29, 0.717) is 0 Å². The van der Waals surface area contributed by atoms with Crippen LogP contribution >= 0.6 is 23.1 Å². The van der Waals surface area contributed by atoms with Gasteiger partial charge in [-0.05, 0) is 44.1 Å². The Morgan fingerprint density at radius 3 is 3.13 bits per heavy atom. The molecule has 0 radical (unpaired) electrons. The molecule has 0 aromatic carbocycles. The van der Waals surface area contributed by atoms with Crippen molar-refractivity contribution in [2.24, 2.45) is 5.73 Å². The first-order chi connectivity index (χ1) is 7.31. The van der Waals surface area contributed by atoms with E-state index in [1.165, 1.54) is 47.0 Å². The summed E-state index contributed by atoms with van der Waals surface area (Å²) in [6.45, 7) is 0. The van der Waals surface area contributed by atoms with Gasteiger partial charge in [0.1, 0.15) is 5.01 Å². The highest BCUT2D eigenvalue weighted by molar-refractivity contribution is 7.98. The van der Waals surface area contributed by atoms with Gasteiger partial charge in [0, 0.05) is 4.88 Å². The van der Waals surface area contributed by atoms with Crippen molar-refractivity contribution in [1.29, 1.82) is 0 Å². The molecule has 0 bridgehead atoms. The van der Waals surface area contributed by atoms with E-state index in [1.807, 2.05) is 23.1 Å². The minimum Gasteiger partial charge on any atom is -0.322 e. The molecule has 1 heterocycles. The quantitative estimate of drug-likeness (QED) is 0.807. The summed E-state index contributed by atoms with van der Waals surface area (Å²) in [7, 11) is 0. The zero-order valence-corrected chi connectivity index (χ0v) is 10.8. The van der Waals surface area contributed by atoms with Crippen LogP contribution in [-0.2, 0) is 12.8 Å². The van der Waals surface area contributed by atoms with Gasteiger partial charge in [-0.2, -0.15) is 11.8 Å². The highest BCUT2D eigenvalue weighted by Gasteiger charge is 2.19. The summed E-state index contributed by atoms with van der Waals surface area (Å²) < 4.78 is 0. The van der Waals surface area contributed by atoms with Crippen molar-refractivity contribution >= 4 is 23.1 Å². The van der Waals surface area contributed by atoms with Crippen LogP contribution in [0.1, 0.15) is 40.9 Å². The fourth-order valence-electron chi connectivity index (χ4n) is 1.94. The van der Waals surface area contributed by atoms with E-state index in [9.17, 15) is 0 Å². The highest BCUT2D eigenvalue weighted by atomic mass is 32.2. The summed E-state index contributed by atoms with van der Waals surface area (Å²) in [5.41, 5.74) is 7.46. The van der Waals surface area contributed by atoms with Crippen LogP contribution in [0.25, 0.3) is 0 Å². The second kappa shape index (κ2) is 5.32. The fraction of sp³-hybridized carbons (Fsp3) is 0.727. The van der Waals surface area contributed by atoms with Crippen molar-refractivity contribution in [3.63, 3.8) is 0 Å². The lowest BCUT2D eigenvalue weighted by Gasteiger charge is -2.07. The molecule has 0 fully saturated rings. The normalized spacial score (nSPS) is 16.7. The number of rotatable bonds is 5. The van der Waals surface area contributed by atoms with Crippen LogP contribution in [0.5, 0.6) is 0 Å². The fourth-order valence-corrected chi connectivity index (χ4v) is 3.58. The van der Waals surface area contributed by atoms with E-state index >= 15 is 0 Å². The number of thiazole rings is 1. The second-order valence-electron chi connectivity index (χ2n) is 4.02. The molecular formula is C11H18N2S2. The molecule has 0 saturated carbocycles. The van der Waals surface area contributed by atoms with E-state index < -0.39 is 0 Å². The van der Waals surface area contributed by atoms with Crippen molar-refractivity contribution < 1.29 is 0 Å². The SMILES string of the molecule is CSCCCC(N)c1nc2c(s1)CCC2. The second-order valence-corrected chi connectivity index (χ2v) is 6.12. The van der Waals surface area contributed by atoms with E-state index in [-0.39, 0.29) is 6.04 Å². The lowest BCUT2D eigenvalue weighted by atomic mass is 10.2. The molecule has 1 atom stereocenters. The number of fused-ring (bicyclic) bond motifs is 1. The molecule has 1 aliphatic rings. The van der Waals surface area contributed by atoms with Gasteiger partial charge in [-0.15, -0.1) is 11.3 Å². The first-order valence-corrected chi connectivity index (χ1v) is 7.75. The molecule has 1 aromatic heterocycles. The largest absolute Gasteiger partial charge is 0.322 e. The van der Waals surface area contributed by atoms with Crippen LogP contribution in [0.15, 0.2) is 0 Å². The summed E-state index contributed by atoms with van der Waals surface area (Å²) >= 11 is 3.74. The third kappa shape index (κ3) is 2.74. The van der Waals surface area contributed by atoms with Gasteiger partial charge in [0.2, 0.25) is 0 Å². The highest BCUT2D eigenvalue weighted by Crippen LogP contribution is 2.31. The minimum absolute atomic E-state index is 0.174. The average molecular weight is 242 g/mol. The standard InChI is InChI=1S/C11H18N2S2/c1-14-7-3-4-8(12)11-13-9-5-2-6-10(9)15-11/h8H,2-7,12H2,1H3. The van der Waals surface area contributed by atoms with Crippen LogP contribution < -0.4 is 5.73 Å². The van der Waals surface area contributed by atoms with Gasteiger partial charge in [0.05, 0.1) is 11.7 Å². The van der Waals surface area contributed by atoms with Crippen LogP contribution in [0, 0.1) is 0 Å². The molecule has 1 aliphatic carbocycles. The summed E-state index contributed by atoms with van der Waals surface area (Å²) in [6, 6.07) is 0.174. The van der Waals surface area contributed by atoms with Crippen molar-refractivity contribution in [3.8, 4) is 0 Å². The van der Waals surface area contributed by atoms with Crippen LogP contribution in [0.2, 0.25) is 0 Å². The molecule has 2 nitrogen and oxygen atoms in total. The van der Waals surface area contributed by atoms with Gasteiger partial charge in [0.25, 0.3) is 0 Å². The van der Waals surface area contributed by atoms with E-state index in [4.69, 9.17) is 5.73 Å². The Bertz CT molecular complexity index is 301. The van der Waals surface area contributed by atoms with Gasteiger partial charge in [-0.3, -0.25) is 0 Å². The smallest absolute Gasteiger partial charge is 0.110 e. The van der Waals surface area contributed by atoms with Gasteiger partial charge in [0.15, 0.2) is 0 Å². The molecule has 84 valence electrons. The van der Waals surface area contributed by atoms with Crippen LogP contribution in [-0.4, -0.2) is 17.0 Å². The summed E-state index contributed by atoms with van der Waals surface area (Å²) in [4.78, 5) is 6.15. The minimum atomic E-state index is 0.174. The zero-order chi connectivity index (χ0) is 10.7. The van der Waals surface area contributed by atoms with E-state index in [0.717, 1.165) is 6.42 Å². The number of nitrogens with two attached hydrogens (primary N) is 1. The van der Waals surface area contributed by atoms with Crippen molar-refractivity contribution in [2.45, 2.75) is 38.1 Å². The summed E-state index contributed by atoms with van der Waals surface area (Å²) in [5.74, 6) is 1.21. The molecule has 1 aromatic rings. The van der Waals surface area contributed by atoms with Gasteiger partial charge in [-0.25, -0.2) is 4.98 Å². The Morgan fingerprint density at radius 2 is 2.40 bits per heavy atom. The summed E-state index contributed by atoms with van der Waals surface area (Å²) in [5, 5.41) is 1.17. The van der Waals surface area contributed by atoms with Crippen molar-refractivity contribution in [3.05, 3.63) is 15.6 Å². The molecule has 0 amide bonds. The first-order valence-electron chi connectivity index (χ1n) is 5.54. The topological polar surface area (TPSA) is 38.9 Å². The maximum Gasteiger partial charge on any atom is 0.110 e. The third-order valence-corrected chi connectivity index (χ3v) is 4.78. The van der Waals surface area contributed by atoms with E-state index in [2.05, 4.69) is 11.2 Å². The number of aromatic nitrogens is 1. The van der Waals surface area contributed by atoms with Gasteiger partial charge < -0.3 is 5.73 Å². The van der Waals surface area contributed by atoms with Gasteiger partial charge >= 0.3 is 0 Å². The molecule has 4 heteroatoms. The molecule has 2 N–H and O–H groups in total.